The summed E-state index contributed by atoms with van der Waals surface area (Å²) in [5.74, 6) is 0. The number of rotatable bonds is 8. The zero-order valence-corrected chi connectivity index (χ0v) is 17.0. The van der Waals surface area contributed by atoms with E-state index in [1.807, 2.05) is 43.6 Å². The Morgan fingerprint density at radius 1 is 1.07 bits per heavy atom. The predicted octanol–water partition coefficient (Wildman–Crippen LogP) is 4.67. The molecule has 150 valence electrons. The normalized spacial score (nSPS) is 14.9. The Balaban J connectivity index is 1.27. The minimum absolute atomic E-state index is 0.385. The molecule has 0 aliphatic heterocycles. The number of nitrogens with zero attached hydrogens (tertiary/aromatic N) is 2. The van der Waals surface area contributed by atoms with Crippen LogP contribution in [-0.4, -0.2) is 26.3 Å². The molecule has 4 rings (SSSR count). The van der Waals surface area contributed by atoms with Crippen LogP contribution < -0.4 is 5.32 Å². The zero-order valence-electron chi connectivity index (χ0n) is 17.0. The number of nitrogens with one attached hydrogen (secondary N) is 2. The fourth-order valence-electron chi connectivity index (χ4n) is 3.81. The van der Waals surface area contributed by atoms with Crippen molar-refractivity contribution in [1.29, 1.82) is 0 Å². The molecule has 0 amide bonds. The summed E-state index contributed by atoms with van der Waals surface area (Å²) in [6.45, 7) is 4.94. The largest absolute Gasteiger partial charge is 0.385 e. The first kappa shape index (κ1) is 19.6. The molecule has 5 nitrogen and oxygen atoms in total. The van der Waals surface area contributed by atoms with Gasteiger partial charge in [-0.05, 0) is 73.9 Å². The first-order valence-corrected chi connectivity index (χ1v) is 10.2. The number of benzene rings is 2. The quantitative estimate of drug-likeness (QED) is 0.410. The molecular weight excluding hydrogens is 360 g/mol. The van der Waals surface area contributed by atoms with Crippen molar-refractivity contribution in [3.63, 3.8) is 0 Å². The third-order valence-corrected chi connectivity index (χ3v) is 5.72. The molecule has 4 aromatic rings. The Labute approximate surface area is 171 Å². The summed E-state index contributed by atoms with van der Waals surface area (Å²) >= 11 is 0. The van der Waals surface area contributed by atoms with Crippen molar-refractivity contribution in [1.82, 2.24) is 20.5 Å². The lowest BCUT2D eigenvalue weighted by molar-refractivity contribution is 0.0445. The second kappa shape index (κ2) is 8.31. The number of H-pyrrole nitrogens is 1. The summed E-state index contributed by atoms with van der Waals surface area (Å²) in [5.41, 5.74) is 2.37. The number of aromatic nitrogens is 3. The number of aliphatic hydroxyl groups is 1. The summed E-state index contributed by atoms with van der Waals surface area (Å²) in [6, 6.07) is 14.9. The molecule has 0 saturated carbocycles. The summed E-state index contributed by atoms with van der Waals surface area (Å²) < 4.78 is 0. The topological polar surface area (TPSA) is 73.8 Å². The highest BCUT2D eigenvalue weighted by Crippen LogP contribution is 2.29. The monoisotopic (exact) mass is 388 g/mol. The SMILES string of the molecule is C[C@H](CCCC(C)(O)c1ccc2[nH]ncc2c1)NCc1ccc2cnccc2c1. The van der Waals surface area contributed by atoms with Gasteiger partial charge in [0.05, 0.1) is 17.3 Å². The van der Waals surface area contributed by atoms with E-state index in [4.69, 9.17) is 0 Å². The molecule has 2 aromatic heterocycles. The van der Waals surface area contributed by atoms with E-state index in [1.54, 1.807) is 6.20 Å². The fourth-order valence-corrected chi connectivity index (χ4v) is 3.81. The van der Waals surface area contributed by atoms with E-state index in [-0.39, 0.29) is 0 Å². The van der Waals surface area contributed by atoms with Crippen molar-refractivity contribution in [2.45, 2.75) is 51.3 Å². The number of hydrogen-bond acceptors (Lipinski definition) is 4. The first-order chi connectivity index (χ1) is 14.0. The minimum atomic E-state index is -0.836. The van der Waals surface area contributed by atoms with Gasteiger partial charge in [0.1, 0.15) is 0 Å². The van der Waals surface area contributed by atoms with Crippen LogP contribution in [0, 0.1) is 0 Å². The molecule has 0 aliphatic rings. The van der Waals surface area contributed by atoms with Crippen molar-refractivity contribution in [3.8, 4) is 0 Å². The van der Waals surface area contributed by atoms with Gasteiger partial charge < -0.3 is 10.4 Å². The van der Waals surface area contributed by atoms with Gasteiger partial charge in [0, 0.05) is 35.8 Å². The number of pyridine rings is 1. The van der Waals surface area contributed by atoms with E-state index in [0.717, 1.165) is 42.3 Å². The van der Waals surface area contributed by atoms with Gasteiger partial charge >= 0.3 is 0 Å². The Kier molecular flexibility index (Phi) is 5.60. The third-order valence-electron chi connectivity index (χ3n) is 5.72. The van der Waals surface area contributed by atoms with Crippen LogP contribution in [0.5, 0.6) is 0 Å². The number of fused-ring (bicyclic) bond motifs is 2. The van der Waals surface area contributed by atoms with Gasteiger partial charge in [0.15, 0.2) is 0 Å². The van der Waals surface area contributed by atoms with E-state index in [9.17, 15) is 5.11 Å². The van der Waals surface area contributed by atoms with Crippen LogP contribution in [-0.2, 0) is 12.1 Å². The van der Waals surface area contributed by atoms with E-state index >= 15 is 0 Å². The van der Waals surface area contributed by atoms with Gasteiger partial charge in [-0.15, -0.1) is 0 Å². The molecule has 0 fully saturated rings. The van der Waals surface area contributed by atoms with Crippen molar-refractivity contribution < 1.29 is 5.11 Å². The van der Waals surface area contributed by atoms with Crippen LogP contribution in [0.1, 0.15) is 44.2 Å². The van der Waals surface area contributed by atoms with Crippen molar-refractivity contribution in [3.05, 3.63) is 72.2 Å². The van der Waals surface area contributed by atoms with Crippen molar-refractivity contribution >= 4 is 21.7 Å². The van der Waals surface area contributed by atoms with Gasteiger partial charge in [0.2, 0.25) is 0 Å². The van der Waals surface area contributed by atoms with Crippen LogP contribution in [0.15, 0.2) is 61.1 Å². The van der Waals surface area contributed by atoms with E-state index in [2.05, 4.69) is 45.6 Å². The number of hydrogen-bond donors (Lipinski definition) is 3. The molecule has 2 atom stereocenters. The standard InChI is InChI=1S/C24H28N4O/c1-17(26-14-18-5-6-20-15-25-11-9-19(20)12-18)4-3-10-24(2,29)22-7-8-23-21(13-22)16-27-28-23/h5-9,11-13,15-17,26,29H,3-4,10,14H2,1-2H3,(H,27,28)/t17-,24?/m1/s1. The lowest BCUT2D eigenvalue weighted by Gasteiger charge is -2.25. The lowest BCUT2D eigenvalue weighted by Crippen LogP contribution is -2.27. The molecule has 2 heterocycles. The third kappa shape index (κ3) is 4.63. The number of aromatic amines is 1. The molecule has 0 aliphatic carbocycles. The zero-order chi connectivity index (χ0) is 20.3. The average molecular weight is 389 g/mol. The highest BCUT2D eigenvalue weighted by atomic mass is 16.3. The highest BCUT2D eigenvalue weighted by Gasteiger charge is 2.23. The van der Waals surface area contributed by atoms with Gasteiger partial charge in [-0.1, -0.05) is 18.2 Å². The van der Waals surface area contributed by atoms with Crippen molar-refractivity contribution in [2.75, 3.05) is 0 Å². The summed E-state index contributed by atoms with van der Waals surface area (Å²) in [7, 11) is 0. The maximum atomic E-state index is 10.9. The Morgan fingerprint density at radius 3 is 2.86 bits per heavy atom. The van der Waals surface area contributed by atoms with E-state index < -0.39 is 5.60 Å². The van der Waals surface area contributed by atoms with Crippen LogP contribution >= 0.6 is 0 Å². The van der Waals surface area contributed by atoms with Crippen molar-refractivity contribution in [2.24, 2.45) is 0 Å². The van der Waals surface area contributed by atoms with Crippen LogP contribution in [0.3, 0.4) is 0 Å². The highest BCUT2D eigenvalue weighted by molar-refractivity contribution is 5.82. The Morgan fingerprint density at radius 2 is 1.97 bits per heavy atom. The molecule has 3 N–H and O–H groups in total. The fraction of sp³-hybridized carbons (Fsp3) is 0.333. The molecule has 0 spiro atoms. The van der Waals surface area contributed by atoms with Gasteiger partial charge in [-0.3, -0.25) is 10.1 Å². The van der Waals surface area contributed by atoms with E-state index in [0.29, 0.717) is 6.04 Å². The molecule has 2 aromatic carbocycles. The molecule has 29 heavy (non-hydrogen) atoms. The second-order valence-corrected chi connectivity index (χ2v) is 8.18. The Hall–Kier alpha value is -2.76. The minimum Gasteiger partial charge on any atom is -0.385 e. The molecule has 1 unspecified atom stereocenters. The summed E-state index contributed by atoms with van der Waals surface area (Å²) in [5, 5.41) is 25.0. The van der Waals surface area contributed by atoms with Crippen LogP contribution in [0.2, 0.25) is 0 Å². The summed E-state index contributed by atoms with van der Waals surface area (Å²) in [4.78, 5) is 4.16. The smallest absolute Gasteiger partial charge is 0.0868 e. The maximum absolute atomic E-state index is 10.9. The van der Waals surface area contributed by atoms with Crippen LogP contribution in [0.4, 0.5) is 0 Å². The predicted molar refractivity (Wildman–Crippen MR) is 118 cm³/mol. The second-order valence-electron chi connectivity index (χ2n) is 8.18. The van der Waals surface area contributed by atoms with E-state index in [1.165, 1.54) is 16.3 Å². The molecule has 0 saturated heterocycles. The van der Waals surface area contributed by atoms with Gasteiger partial charge in [-0.25, -0.2) is 0 Å². The molecule has 0 bridgehead atoms. The maximum Gasteiger partial charge on any atom is 0.0868 e. The average Bonchev–Trinajstić information content (AvgIpc) is 3.20. The molecule has 5 heteroatoms. The lowest BCUT2D eigenvalue weighted by atomic mass is 9.89. The van der Waals surface area contributed by atoms with Crippen LogP contribution in [0.25, 0.3) is 21.7 Å². The first-order valence-electron chi connectivity index (χ1n) is 10.2. The van der Waals surface area contributed by atoms with Gasteiger partial charge in [0.25, 0.3) is 0 Å². The molecule has 0 radical (unpaired) electrons. The Bertz CT molecular complexity index is 1100. The summed E-state index contributed by atoms with van der Waals surface area (Å²) in [6.07, 6.45) is 8.22. The molecular formula is C24H28N4O. The van der Waals surface area contributed by atoms with Gasteiger partial charge in [-0.2, -0.15) is 5.10 Å².